The third kappa shape index (κ3) is 3.47. The van der Waals surface area contributed by atoms with Crippen molar-refractivity contribution in [1.29, 1.82) is 0 Å². The van der Waals surface area contributed by atoms with Crippen LogP contribution >= 0.6 is 0 Å². The van der Waals surface area contributed by atoms with Gasteiger partial charge >= 0.3 is 6.03 Å². The highest BCUT2D eigenvalue weighted by atomic mass is 16.5. The molecular formula is C16H22N2O3. The SMILES string of the molecule is Cc1ccc(NC(=O)N(C)C2CC2)cc1O[C@@H]1CCOC1. The monoisotopic (exact) mass is 290 g/mol. The van der Waals surface area contributed by atoms with E-state index in [2.05, 4.69) is 5.32 Å². The van der Waals surface area contributed by atoms with Gasteiger partial charge < -0.3 is 19.7 Å². The molecule has 0 radical (unpaired) electrons. The average molecular weight is 290 g/mol. The second-order valence-corrected chi connectivity index (χ2v) is 5.86. The van der Waals surface area contributed by atoms with Gasteiger partial charge in [-0.05, 0) is 31.4 Å². The van der Waals surface area contributed by atoms with Gasteiger partial charge in [0.15, 0.2) is 0 Å². The Bertz CT molecular complexity index is 522. The zero-order chi connectivity index (χ0) is 14.8. The van der Waals surface area contributed by atoms with E-state index in [4.69, 9.17) is 9.47 Å². The van der Waals surface area contributed by atoms with E-state index in [1.807, 2.05) is 32.2 Å². The van der Waals surface area contributed by atoms with Gasteiger partial charge in [-0.2, -0.15) is 0 Å². The molecule has 5 nitrogen and oxygen atoms in total. The molecule has 0 aromatic heterocycles. The molecule has 1 N–H and O–H groups in total. The Morgan fingerprint density at radius 3 is 2.86 bits per heavy atom. The predicted octanol–water partition coefficient (Wildman–Crippen LogP) is 2.79. The standard InChI is InChI=1S/C16H22N2O3/c1-11-3-4-12(17-16(19)18(2)13-5-6-13)9-15(11)21-14-7-8-20-10-14/h3-4,9,13-14H,5-8,10H2,1-2H3,(H,17,19)/t14-/m1/s1. The number of hydrogen-bond donors (Lipinski definition) is 1. The van der Waals surface area contributed by atoms with E-state index in [0.717, 1.165) is 42.9 Å². The molecule has 2 fully saturated rings. The molecule has 0 unspecified atom stereocenters. The number of nitrogens with one attached hydrogen (secondary N) is 1. The lowest BCUT2D eigenvalue weighted by atomic mass is 10.2. The average Bonchev–Trinajstić information content (AvgIpc) is 3.20. The molecule has 1 aromatic carbocycles. The van der Waals surface area contributed by atoms with Crippen LogP contribution < -0.4 is 10.1 Å². The van der Waals surface area contributed by atoms with E-state index < -0.39 is 0 Å². The summed E-state index contributed by atoms with van der Waals surface area (Å²) in [7, 11) is 1.84. The van der Waals surface area contributed by atoms with Crippen LogP contribution in [0.1, 0.15) is 24.8 Å². The Hall–Kier alpha value is -1.75. The fourth-order valence-corrected chi connectivity index (χ4v) is 2.43. The van der Waals surface area contributed by atoms with E-state index in [1.165, 1.54) is 0 Å². The minimum atomic E-state index is -0.0588. The lowest BCUT2D eigenvalue weighted by Gasteiger charge is -2.19. The molecule has 0 spiro atoms. The summed E-state index contributed by atoms with van der Waals surface area (Å²) in [5, 5.41) is 2.93. The molecule has 1 aliphatic carbocycles. The minimum Gasteiger partial charge on any atom is -0.488 e. The molecule has 0 bridgehead atoms. The number of nitrogens with zero attached hydrogens (tertiary/aromatic N) is 1. The van der Waals surface area contributed by atoms with Crippen molar-refractivity contribution in [2.24, 2.45) is 0 Å². The summed E-state index contributed by atoms with van der Waals surface area (Å²) >= 11 is 0. The molecule has 2 amide bonds. The number of aryl methyl sites for hydroxylation is 1. The van der Waals surface area contributed by atoms with E-state index in [-0.39, 0.29) is 12.1 Å². The molecule has 21 heavy (non-hydrogen) atoms. The zero-order valence-electron chi connectivity index (χ0n) is 12.6. The Morgan fingerprint density at radius 1 is 1.38 bits per heavy atom. The molecule has 1 saturated heterocycles. The van der Waals surface area contributed by atoms with Crippen LogP contribution in [0.5, 0.6) is 5.75 Å². The van der Waals surface area contributed by atoms with Crippen molar-refractivity contribution in [3.63, 3.8) is 0 Å². The first-order valence-electron chi connectivity index (χ1n) is 7.52. The summed E-state index contributed by atoms with van der Waals surface area (Å²) in [5.74, 6) is 0.817. The molecule has 2 aliphatic rings. The van der Waals surface area contributed by atoms with Gasteiger partial charge in [-0.3, -0.25) is 0 Å². The molecule has 114 valence electrons. The quantitative estimate of drug-likeness (QED) is 0.927. The summed E-state index contributed by atoms with van der Waals surface area (Å²) in [5.41, 5.74) is 1.84. The number of rotatable bonds is 4. The van der Waals surface area contributed by atoms with Crippen molar-refractivity contribution >= 4 is 11.7 Å². The molecule has 3 rings (SSSR count). The van der Waals surface area contributed by atoms with Crippen LogP contribution in [0.4, 0.5) is 10.5 Å². The van der Waals surface area contributed by atoms with Crippen LogP contribution in [0.15, 0.2) is 18.2 Å². The fourth-order valence-electron chi connectivity index (χ4n) is 2.43. The number of hydrogen-bond acceptors (Lipinski definition) is 3. The summed E-state index contributed by atoms with van der Waals surface area (Å²) in [6, 6.07) is 6.12. The largest absolute Gasteiger partial charge is 0.488 e. The van der Waals surface area contributed by atoms with Gasteiger partial charge in [-0.15, -0.1) is 0 Å². The van der Waals surface area contributed by atoms with Crippen LogP contribution in [0.25, 0.3) is 0 Å². The molecule has 1 aromatic rings. The van der Waals surface area contributed by atoms with Crippen molar-refractivity contribution < 1.29 is 14.3 Å². The van der Waals surface area contributed by atoms with Gasteiger partial charge in [0.25, 0.3) is 0 Å². The summed E-state index contributed by atoms with van der Waals surface area (Å²) in [6.07, 6.45) is 3.24. The van der Waals surface area contributed by atoms with Crippen LogP contribution in [0.3, 0.4) is 0 Å². The van der Waals surface area contributed by atoms with Crippen LogP contribution in [-0.2, 0) is 4.74 Å². The highest BCUT2D eigenvalue weighted by Gasteiger charge is 2.29. The summed E-state index contributed by atoms with van der Waals surface area (Å²) < 4.78 is 11.3. The molecule has 1 atom stereocenters. The molecular weight excluding hydrogens is 268 g/mol. The molecule has 5 heteroatoms. The lowest BCUT2D eigenvalue weighted by molar-refractivity contribution is 0.141. The first-order valence-corrected chi connectivity index (χ1v) is 7.52. The number of ether oxygens (including phenoxy) is 2. The first-order chi connectivity index (χ1) is 10.1. The maximum atomic E-state index is 12.1. The zero-order valence-corrected chi connectivity index (χ0v) is 12.6. The smallest absolute Gasteiger partial charge is 0.321 e. The van der Waals surface area contributed by atoms with Crippen LogP contribution in [-0.4, -0.2) is 43.3 Å². The van der Waals surface area contributed by atoms with Crippen LogP contribution in [0.2, 0.25) is 0 Å². The van der Waals surface area contributed by atoms with Gasteiger partial charge in [-0.1, -0.05) is 6.07 Å². The number of urea groups is 1. The van der Waals surface area contributed by atoms with Crippen molar-refractivity contribution in [3.05, 3.63) is 23.8 Å². The number of anilines is 1. The Balaban J connectivity index is 1.66. The van der Waals surface area contributed by atoms with Gasteiger partial charge in [0.1, 0.15) is 11.9 Å². The summed E-state index contributed by atoms with van der Waals surface area (Å²) in [4.78, 5) is 13.9. The van der Waals surface area contributed by atoms with Gasteiger partial charge in [0.2, 0.25) is 0 Å². The Kier molecular flexibility index (Phi) is 4.01. The van der Waals surface area contributed by atoms with Crippen molar-refractivity contribution in [1.82, 2.24) is 4.90 Å². The van der Waals surface area contributed by atoms with Gasteiger partial charge in [0.05, 0.1) is 13.2 Å². The van der Waals surface area contributed by atoms with Crippen molar-refractivity contribution in [2.75, 3.05) is 25.6 Å². The Morgan fingerprint density at radius 2 is 2.19 bits per heavy atom. The maximum absolute atomic E-state index is 12.1. The normalized spacial score (nSPS) is 21.1. The number of benzene rings is 1. The third-order valence-corrected chi connectivity index (χ3v) is 4.04. The van der Waals surface area contributed by atoms with E-state index in [1.54, 1.807) is 4.90 Å². The number of carbonyl (C=O) groups excluding carboxylic acids is 1. The van der Waals surface area contributed by atoms with Crippen LogP contribution in [0, 0.1) is 6.92 Å². The maximum Gasteiger partial charge on any atom is 0.321 e. The second-order valence-electron chi connectivity index (χ2n) is 5.86. The number of amides is 2. The molecule has 1 heterocycles. The predicted molar refractivity (Wildman–Crippen MR) is 80.8 cm³/mol. The lowest BCUT2D eigenvalue weighted by Crippen LogP contribution is -2.33. The first kappa shape index (κ1) is 14.2. The fraction of sp³-hybridized carbons (Fsp3) is 0.562. The highest BCUT2D eigenvalue weighted by molar-refractivity contribution is 5.89. The van der Waals surface area contributed by atoms with Crippen molar-refractivity contribution in [2.45, 2.75) is 38.3 Å². The van der Waals surface area contributed by atoms with Gasteiger partial charge in [-0.25, -0.2) is 4.79 Å². The van der Waals surface area contributed by atoms with E-state index >= 15 is 0 Å². The molecule has 1 saturated carbocycles. The van der Waals surface area contributed by atoms with Gasteiger partial charge in [0, 0.05) is 31.3 Å². The Labute approximate surface area is 125 Å². The topological polar surface area (TPSA) is 50.8 Å². The number of carbonyl (C=O) groups is 1. The van der Waals surface area contributed by atoms with Crippen molar-refractivity contribution in [3.8, 4) is 5.75 Å². The highest BCUT2D eigenvalue weighted by Crippen LogP contribution is 2.28. The molecule has 1 aliphatic heterocycles. The van der Waals surface area contributed by atoms with E-state index in [0.29, 0.717) is 12.6 Å². The van der Waals surface area contributed by atoms with E-state index in [9.17, 15) is 4.79 Å². The minimum absolute atomic E-state index is 0.0588. The summed E-state index contributed by atoms with van der Waals surface area (Å²) in [6.45, 7) is 3.40. The second kappa shape index (κ2) is 5.93. The third-order valence-electron chi connectivity index (χ3n) is 4.04.